The second-order valence-corrected chi connectivity index (χ2v) is 8.56. The molecule has 36 heavy (non-hydrogen) atoms. The van der Waals surface area contributed by atoms with Crippen LogP contribution in [0.25, 0.3) is 5.69 Å². The Hall–Kier alpha value is -3.33. The van der Waals surface area contributed by atoms with Crippen LogP contribution in [0, 0.1) is 0 Å². The fraction of sp³-hybridized carbons (Fsp3) is 0.304. The number of anilines is 1. The fourth-order valence-electron chi connectivity index (χ4n) is 3.06. The highest BCUT2D eigenvalue weighted by Gasteiger charge is 2.29. The molecule has 12 nitrogen and oxygen atoms in total. The van der Waals surface area contributed by atoms with Crippen molar-refractivity contribution in [3.05, 3.63) is 66.5 Å². The van der Waals surface area contributed by atoms with Gasteiger partial charge in [-0.25, -0.2) is 5.43 Å². The van der Waals surface area contributed by atoms with Crippen molar-refractivity contribution in [3.8, 4) is 5.69 Å². The Morgan fingerprint density at radius 1 is 1.00 bits per heavy atom. The number of hydrogen-bond donors (Lipinski definition) is 7. The zero-order chi connectivity index (χ0) is 25.9. The molecule has 0 fully saturated rings. The first-order chi connectivity index (χ1) is 17.4. The van der Waals surface area contributed by atoms with Crippen molar-refractivity contribution in [1.82, 2.24) is 20.2 Å². The van der Waals surface area contributed by atoms with Gasteiger partial charge in [-0.1, -0.05) is 48.2 Å². The third-order valence-corrected chi connectivity index (χ3v) is 5.90. The first kappa shape index (κ1) is 27.3. The minimum absolute atomic E-state index is 0.0705. The molecule has 3 aromatic rings. The molecule has 0 unspecified atom stereocenters. The minimum atomic E-state index is -1.81. The maximum atomic E-state index is 12.2. The van der Waals surface area contributed by atoms with Gasteiger partial charge in [-0.3, -0.25) is 9.36 Å². The van der Waals surface area contributed by atoms with Gasteiger partial charge in [-0.2, -0.15) is 5.10 Å². The molecule has 3 rings (SSSR count). The normalized spacial score (nSPS) is 14.8. The van der Waals surface area contributed by atoms with Gasteiger partial charge in [-0.05, 0) is 24.3 Å². The van der Waals surface area contributed by atoms with Gasteiger partial charge in [0.05, 0.1) is 25.1 Å². The topological polar surface area (TPSA) is 185 Å². The van der Waals surface area contributed by atoms with E-state index in [0.29, 0.717) is 17.5 Å². The first-order valence-electron chi connectivity index (χ1n) is 11.0. The lowest BCUT2D eigenvalue weighted by atomic mass is 10.0. The molecule has 0 bridgehead atoms. The number of hydrazone groups is 1. The monoisotopic (exact) mass is 516 g/mol. The van der Waals surface area contributed by atoms with Crippen molar-refractivity contribution >= 4 is 29.6 Å². The highest BCUT2D eigenvalue weighted by molar-refractivity contribution is 7.99. The largest absolute Gasteiger partial charge is 0.394 e. The van der Waals surface area contributed by atoms with E-state index in [1.807, 2.05) is 65.2 Å². The predicted octanol–water partition coefficient (Wildman–Crippen LogP) is -0.491. The Balaban J connectivity index is 1.60. The number of thioether (sulfide) groups is 1. The summed E-state index contributed by atoms with van der Waals surface area (Å²) in [5.41, 5.74) is 3.96. The van der Waals surface area contributed by atoms with Gasteiger partial charge < -0.3 is 30.8 Å². The maximum absolute atomic E-state index is 12.2. The van der Waals surface area contributed by atoms with Crippen molar-refractivity contribution in [3.63, 3.8) is 0 Å². The Kier molecular flexibility index (Phi) is 10.4. The molecule has 7 N–H and O–H groups in total. The van der Waals surface area contributed by atoms with E-state index in [0.717, 1.165) is 29.4 Å². The van der Waals surface area contributed by atoms with Gasteiger partial charge in [0.1, 0.15) is 24.4 Å². The second kappa shape index (κ2) is 13.7. The van der Waals surface area contributed by atoms with E-state index in [1.165, 1.54) is 0 Å². The van der Waals surface area contributed by atoms with Crippen LogP contribution in [0.2, 0.25) is 0 Å². The average Bonchev–Trinajstić information content (AvgIpc) is 3.33. The molecule has 1 aromatic heterocycles. The van der Waals surface area contributed by atoms with E-state index < -0.39 is 36.9 Å². The van der Waals surface area contributed by atoms with Crippen LogP contribution in [0.3, 0.4) is 0 Å². The fourth-order valence-corrected chi connectivity index (χ4v) is 3.82. The van der Waals surface area contributed by atoms with Crippen molar-refractivity contribution in [2.24, 2.45) is 5.10 Å². The number of nitrogens with one attached hydrogen (secondary N) is 2. The zero-order valence-electron chi connectivity index (χ0n) is 19.1. The van der Waals surface area contributed by atoms with Crippen LogP contribution in [-0.2, 0) is 11.3 Å². The summed E-state index contributed by atoms with van der Waals surface area (Å²) in [6.45, 7) is -0.395. The van der Waals surface area contributed by atoms with E-state index >= 15 is 0 Å². The zero-order valence-corrected chi connectivity index (χ0v) is 19.9. The van der Waals surface area contributed by atoms with E-state index in [-0.39, 0.29) is 5.75 Å². The minimum Gasteiger partial charge on any atom is -0.394 e. The SMILES string of the molecule is O=C(CSc1nnc(CNc2ccccc2)n1-c1ccccc1)N/N=C/[C@H](O)[C@H](O)[C@H](O)[C@H](O)CO. The molecule has 0 saturated heterocycles. The van der Waals surface area contributed by atoms with Crippen molar-refractivity contribution in [2.75, 3.05) is 17.7 Å². The van der Waals surface area contributed by atoms with Crippen molar-refractivity contribution in [2.45, 2.75) is 36.1 Å². The molecule has 0 radical (unpaired) electrons. The Morgan fingerprint density at radius 2 is 1.67 bits per heavy atom. The number of benzene rings is 2. The van der Waals surface area contributed by atoms with Crippen molar-refractivity contribution < 1.29 is 30.3 Å². The lowest BCUT2D eigenvalue weighted by Gasteiger charge is -2.23. The third-order valence-electron chi connectivity index (χ3n) is 4.97. The smallest absolute Gasteiger partial charge is 0.250 e. The summed E-state index contributed by atoms with van der Waals surface area (Å²) in [6.07, 6.45) is -6.12. The molecule has 2 aromatic carbocycles. The lowest BCUT2D eigenvalue weighted by Crippen LogP contribution is -2.46. The lowest BCUT2D eigenvalue weighted by molar-refractivity contribution is -0.118. The quantitative estimate of drug-likeness (QED) is 0.0888. The number of nitrogens with zero attached hydrogens (tertiary/aromatic N) is 4. The van der Waals surface area contributed by atoms with Crippen LogP contribution >= 0.6 is 11.8 Å². The van der Waals surface area contributed by atoms with Gasteiger partial charge in [0.2, 0.25) is 0 Å². The average molecular weight is 517 g/mol. The molecule has 0 spiro atoms. The van der Waals surface area contributed by atoms with Crippen LogP contribution in [0.4, 0.5) is 5.69 Å². The second-order valence-electron chi connectivity index (χ2n) is 7.61. The number of rotatable bonds is 13. The number of hydrogen-bond acceptors (Lipinski definition) is 11. The molecular formula is C23H28N6O6S. The molecule has 0 aliphatic rings. The molecular weight excluding hydrogens is 488 g/mol. The van der Waals surface area contributed by atoms with Gasteiger partial charge in [0.25, 0.3) is 5.91 Å². The number of carbonyl (C=O) groups excluding carboxylic acids is 1. The van der Waals surface area contributed by atoms with E-state index in [1.54, 1.807) is 0 Å². The molecule has 1 heterocycles. The van der Waals surface area contributed by atoms with Crippen LogP contribution in [-0.4, -0.2) is 89.2 Å². The predicted molar refractivity (Wildman–Crippen MR) is 134 cm³/mol. The van der Waals surface area contributed by atoms with Gasteiger partial charge in [-0.15, -0.1) is 10.2 Å². The number of carbonyl (C=O) groups is 1. The Bertz CT molecular complexity index is 1120. The van der Waals surface area contributed by atoms with Crippen LogP contribution in [0.1, 0.15) is 5.82 Å². The first-order valence-corrected chi connectivity index (χ1v) is 12.0. The summed E-state index contributed by atoms with van der Waals surface area (Å²) in [7, 11) is 0. The van der Waals surface area contributed by atoms with Crippen LogP contribution in [0.15, 0.2) is 70.9 Å². The molecule has 0 aliphatic heterocycles. The Morgan fingerprint density at radius 3 is 2.33 bits per heavy atom. The van der Waals surface area contributed by atoms with Gasteiger partial charge in [0, 0.05) is 11.4 Å². The van der Waals surface area contributed by atoms with E-state index in [4.69, 9.17) is 5.11 Å². The number of amides is 1. The third kappa shape index (κ3) is 7.58. The van der Waals surface area contributed by atoms with Gasteiger partial charge >= 0.3 is 0 Å². The molecule has 0 saturated carbocycles. The highest BCUT2D eigenvalue weighted by atomic mass is 32.2. The summed E-state index contributed by atoms with van der Waals surface area (Å²) in [6, 6.07) is 19.1. The maximum Gasteiger partial charge on any atom is 0.250 e. The molecule has 1 amide bonds. The summed E-state index contributed by atoms with van der Waals surface area (Å²) >= 11 is 1.13. The number of aromatic nitrogens is 3. The molecule has 192 valence electrons. The van der Waals surface area contributed by atoms with E-state index in [2.05, 4.69) is 26.0 Å². The van der Waals surface area contributed by atoms with Gasteiger partial charge in [0.15, 0.2) is 11.0 Å². The Labute approximate surface area is 211 Å². The summed E-state index contributed by atoms with van der Waals surface area (Å²) < 4.78 is 1.84. The summed E-state index contributed by atoms with van der Waals surface area (Å²) in [5.74, 6) is 0.0611. The molecule has 0 aliphatic carbocycles. The van der Waals surface area contributed by atoms with E-state index in [9.17, 15) is 25.2 Å². The number of aliphatic hydroxyl groups is 5. The highest BCUT2D eigenvalue weighted by Crippen LogP contribution is 2.22. The summed E-state index contributed by atoms with van der Waals surface area (Å²) in [4.78, 5) is 12.2. The molecule has 13 heteroatoms. The molecule has 4 atom stereocenters. The summed E-state index contributed by atoms with van der Waals surface area (Å²) in [5, 5.41) is 63.2. The van der Waals surface area contributed by atoms with Crippen molar-refractivity contribution in [1.29, 1.82) is 0 Å². The van der Waals surface area contributed by atoms with Crippen LogP contribution in [0.5, 0.6) is 0 Å². The number of aliphatic hydroxyl groups excluding tert-OH is 5. The standard InChI is InChI=1S/C23H28N6O6S/c30-13-18(32)22(35)21(34)17(31)11-25-27-20(33)14-36-23-28-26-19(12-24-15-7-3-1-4-8-15)29(23)16-9-5-2-6-10-16/h1-11,17-18,21-22,24,30-32,34-35H,12-14H2,(H,27,33)/b25-11+/t17-,18+,21-,22+/m0/s1. The number of para-hydroxylation sites is 2. The van der Waals surface area contributed by atoms with Crippen LogP contribution < -0.4 is 10.7 Å².